The molecule has 1 heterocycles. The zero-order chi connectivity index (χ0) is 13.0. The van der Waals surface area contributed by atoms with Gasteiger partial charge >= 0.3 is 0 Å². The van der Waals surface area contributed by atoms with Gasteiger partial charge in [0.15, 0.2) is 5.96 Å². The molecule has 0 amide bonds. The Hall–Kier alpha value is -1.49. The summed E-state index contributed by atoms with van der Waals surface area (Å²) in [5.74, 6) is 3.73. The van der Waals surface area contributed by atoms with Crippen molar-refractivity contribution in [3.8, 4) is 0 Å². The lowest BCUT2D eigenvalue weighted by molar-refractivity contribution is 0.204. The quantitative estimate of drug-likeness (QED) is 0.456. The number of nitrogens with two attached hydrogens (primary N) is 1. The van der Waals surface area contributed by atoms with Gasteiger partial charge in [-0.3, -0.25) is 0 Å². The van der Waals surface area contributed by atoms with Crippen molar-refractivity contribution < 1.29 is 9.15 Å². The van der Waals surface area contributed by atoms with Gasteiger partial charge in [-0.25, -0.2) is 4.99 Å². The monoisotopic (exact) mass is 251 g/mol. The summed E-state index contributed by atoms with van der Waals surface area (Å²) in [5, 5.41) is 2.96. The Balaban J connectivity index is 1.78. The molecule has 5 heteroatoms. The highest BCUT2D eigenvalue weighted by Gasteiger charge is 2.36. The molecule has 18 heavy (non-hydrogen) atoms. The van der Waals surface area contributed by atoms with Gasteiger partial charge in [0, 0.05) is 19.6 Å². The number of hydrogen-bond donors (Lipinski definition) is 2. The lowest BCUT2D eigenvalue weighted by atomic mass is 10.3. The van der Waals surface area contributed by atoms with Crippen molar-refractivity contribution in [2.75, 3.05) is 20.3 Å². The molecule has 0 spiro atoms. The van der Waals surface area contributed by atoms with Crippen molar-refractivity contribution >= 4 is 5.96 Å². The van der Waals surface area contributed by atoms with Gasteiger partial charge in [0.2, 0.25) is 0 Å². The van der Waals surface area contributed by atoms with E-state index in [0.29, 0.717) is 31.6 Å². The van der Waals surface area contributed by atoms with Crippen molar-refractivity contribution in [3.63, 3.8) is 0 Å². The predicted molar refractivity (Wildman–Crippen MR) is 70.4 cm³/mol. The van der Waals surface area contributed by atoms with Crippen LogP contribution >= 0.6 is 0 Å². The molecule has 0 radical (unpaired) electrons. The van der Waals surface area contributed by atoms with Crippen LogP contribution in [0.5, 0.6) is 0 Å². The maximum absolute atomic E-state index is 5.74. The second-order valence-corrected chi connectivity index (χ2v) is 4.74. The Morgan fingerprint density at radius 1 is 1.61 bits per heavy atom. The van der Waals surface area contributed by atoms with E-state index in [1.54, 1.807) is 7.11 Å². The van der Waals surface area contributed by atoms with Crippen molar-refractivity contribution in [1.29, 1.82) is 0 Å². The molecule has 0 aliphatic heterocycles. The van der Waals surface area contributed by atoms with Crippen LogP contribution in [0.25, 0.3) is 0 Å². The van der Waals surface area contributed by atoms with Gasteiger partial charge in [-0.05, 0) is 24.5 Å². The number of nitrogens with zero attached hydrogens (tertiary/aromatic N) is 1. The maximum atomic E-state index is 5.74. The number of guanidine groups is 1. The van der Waals surface area contributed by atoms with E-state index in [-0.39, 0.29) is 0 Å². The third-order valence-electron chi connectivity index (χ3n) is 3.17. The molecule has 100 valence electrons. The number of nitrogens with one attached hydrogen (secondary N) is 1. The number of furan rings is 1. The average molecular weight is 251 g/mol. The summed E-state index contributed by atoms with van der Waals surface area (Å²) in [6, 6.07) is 4.03. The van der Waals surface area contributed by atoms with Crippen LogP contribution in [0.15, 0.2) is 21.5 Å². The molecule has 2 atom stereocenters. The first kappa shape index (κ1) is 13.0. The van der Waals surface area contributed by atoms with Gasteiger partial charge in [0.1, 0.15) is 18.1 Å². The molecule has 0 saturated heterocycles. The van der Waals surface area contributed by atoms with Crippen molar-refractivity contribution in [3.05, 3.63) is 23.7 Å². The van der Waals surface area contributed by atoms with Crippen LogP contribution < -0.4 is 11.1 Å². The van der Waals surface area contributed by atoms with Gasteiger partial charge in [0.25, 0.3) is 0 Å². The maximum Gasteiger partial charge on any atom is 0.189 e. The molecule has 5 nitrogen and oxygen atoms in total. The first-order valence-electron chi connectivity index (χ1n) is 6.32. The molecule has 1 fully saturated rings. The average Bonchev–Trinajstić information content (AvgIpc) is 2.91. The van der Waals surface area contributed by atoms with Gasteiger partial charge in [0.05, 0.1) is 6.61 Å². The summed E-state index contributed by atoms with van der Waals surface area (Å²) in [4.78, 5) is 4.21. The Kier molecular flexibility index (Phi) is 4.25. The van der Waals surface area contributed by atoms with E-state index < -0.39 is 0 Å². The first-order chi connectivity index (χ1) is 8.70. The highest BCUT2D eigenvalue weighted by Crippen LogP contribution is 2.47. The molecule has 1 aromatic heterocycles. The fourth-order valence-electron chi connectivity index (χ4n) is 1.90. The van der Waals surface area contributed by atoms with Crippen molar-refractivity contribution in [2.24, 2.45) is 16.6 Å². The minimum Gasteiger partial charge on any atom is -0.464 e. The summed E-state index contributed by atoms with van der Waals surface area (Å²) in [5.41, 5.74) is 5.70. The highest BCUT2D eigenvalue weighted by atomic mass is 16.5. The van der Waals surface area contributed by atoms with Crippen LogP contribution in [0.4, 0.5) is 0 Å². The zero-order valence-electron chi connectivity index (χ0n) is 11.0. The Morgan fingerprint density at radius 3 is 3.06 bits per heavy atom. The van der Waals surface area contributed by atoms with Crippen molar-refractivity contribution in [1.82, 2.24) is 5.32 Å². The SMILES string of the molecule is COCCNC(N)=NCc1ccc([C@H]2C[C@@H]2C)o1. The second-order valence-electron chi connectivity index (χ2n) is 4.74. The van der Waals surface area contributed by atoms with E-state index in [9.17, 15) is 0 Å². The Bertz CT molecular complexity index is 414. The van der Waals surface area contributed by atoms with E-state index in [2.05, 4.69) is 17.2 Å². The second kappa shape index (κ2) is 5.91. The number of aliphatic imine (C=N–C) groups is 1. The van der Waals surface area contributed by atoms with Crippen molar-refractivity contribution in [2.45, 2.75) is 25.8 Å². The third kappa shape index (κ3) is 3.50. The largest absolute Gasteiger partial charge is 0.464 e. The molecule has 3 N–H and O–H groups in total. The zero-order valence-corrected chi connectivity index (χ0v) is 11.0. The van der Waals surface area contributed by atoms with E-state index >= 15 is 0 Å². The molecule has 0 bridgehead atoms. The fourth-order valence-corrected chi connectivity index (χ4v) is 1.90. The van der Waals surface area contributed by atoms with Crippen LogP contribution in [0.2, 0.25) is 0 Å². The fraction of sp³-hybridized carbons (Fsp3) is 0.615. The van der Waals surface area contributed by atoms with E-state index in [0.717, 1.165) is 17.4 Å². The summed E-state index contributed by atoms with van der Waals surface area (Å²) in [6.07, 6.45) is 1.23. The minimum absolute atomic E-state index is 0.421. The smallest absolute Gasteiger partial charge is 0.189 e. The molecule has 1 aromatic rings. The van der Waals surface area contributed by atoms with E-state index in [1.165, 1.54) is 6.42 Å². The van der Waals surface area contributed by atoms with Crippen LogP contribution in [0.3, 0.4) is 0 Å². The molecular formula is C13H21N3O2. The van der Waals surface area contributed by atoms with Gasteiger partial charge in [-0.1, -0.05) is 6.92 Å². The Morgan fingerprint density at radius 2 is 2.39 bits per heavy atom. The van der Waals surface area contributed by atoms with Crippen LogP contribution in [0, 0.1) is 5.92 Å². The lowest BCUT2D eigenvalue weighted by Crippen LogP contribution is -2.34. The standard InChI is InChI=1S/C13H21N3O2/c1-9-7-11(9)12-4-3-10(18-12)8-16-13(14)15-5-6-17-2/h3-4,9,11H,5-8H2,1-2H3,(H3,14,15,16)/t9-,11-/m0/s1. The summed E-state index contributed by atoms with van der Waals surface area (Å²) in [6.45, 7) is 3.99. The van der Waals surface area contributed by atoms with Crippen LogP contribution in [0.1, 0.15) is 30.8 Å². The molecule has 1 aliphatic rings. The van der Waals surface area contributed by atoms with E-state index in [4.69, 9.17) is 14.9 Å². The van der Waals surface area contributed by atoms with Crippen LogP contribution in [-0.2, 0) is 11.3 Å². The first-order valence-corrected chi connectivity index (χ1v) is 6.32. The summed E-state index contributed by atoms with van der Waals surface area (Å²) < 4.78 is 10.6. The Labute approximate surface area is 107 Å². The molecule has 1 saturated carbocycles. The van der Waals surface area contributed by atoms with Gasteiger partial charge in [-0.2, -0.15) is 0 Å². The number of hydrogen-bond acceptors (Lipinski definition) is 3. The van der Waals surface area contributed by atoms with E-state index in [1.807, 2.05) is 12.1 Å². The molecule has 2 rings (SSSR count). The number of ether oxygens (including phenoxy) is 1. The predicted octanol–water partition coefficient (Wildman–Crippen LogP) is 1.45. The third-order valence-corrected chi connectivity index (χ3v) is 3.17. The van der Waals surface area contributed by atoms with Gasteiger partial charge in [-0.15, -0.1) is 0 Å². The lowest BCUT2D eigenvalue weighted by Gasteiger charge is -2.03. The van der Waals surface area contributed by atoms with Gasteiger partial charge < -0.3 is 20.2 Å². The topological polar surface area (TPSA) is 72.8 Å². The highest BCUT2D eigenvalue weighted by molar-refractivity contribution is 5.77. The number of methoxy groups -OCH3 is 1. The summed E-state index contributed by atoms with van der Waals surface area (Å²) >= 11 is 0. The molecule has 1 aliphatic carbocycles. The van der Waals surface area contributed by atoms with Crippen LogP contribution in [-0.4, -0.2) is 26.2 Å². The normalized spacial score (nSPS) is 23.1. The minimum atomic E-state index is 0.421. The molecule has 0 aromatic carbocycles. The summed E-state index contributed by atoms with van der Waals surface area (Å²) in [7, 11) is 1.65. The molecule has 0 unspecified atom stereocenters. The number of rotatable bonds is 6. The molecular weight excluding hydrogens is 230 g/mol.